The van der Waals surface area contributed by atoms with Crippen molar-refractivity contribution in [2.45, 2.75) is 0 Å². The molecule has 0 radical (unpaired) electrons. The van der Waals surface area contributed by atoms with Gasteiger partial charge in [-0.15, -0.1) is 0 Å². The minimum Gasteiger partial charge on any atom is -0.507 e. The second-order valence-electron chi connectivity index (χ2n) is 4.66. The van der Waals surface area contributed by atoms with Gasteiger partial charge in [-0.1, -0.05) is 0 Å². The van der Waals surface area contributed by atoms with E-state index in [1.54, 1.807) is 18.2 Å². The van der Waals surface area contributed by atoms with E-state index in [2.05, 4.69) is 4.99 Å². The fraction of sp³-hybridized carbons (Fsp3) is 0.125. The number of carboxylic acids is 1. The summed E-state index contributed by atoms with van der Waals surface area (Å²) < 4.78 is 10.9. The molecule has 1 aliphatic rings. The Morgan fingerprint density at radius 3 is 2.64 bits per heavy atom. The Bertz CT molecular complexity index is 754. The van der Waals surface area contributed by atoms with Gasteiger partial charge in [0.05, 0.1) is 11.3 Å². The molecule has 6 nitrogen and oxygen atoms in total. The molecule has 0 bridgehead atoms. The van der Waals surface area contributed by atoms with Gasteiger partial charge in [0.2, 0.25) is 0 Å². The van der Waals surface area contributed by atoms with E-state index in [0.717, 1.165) is 0 Å². The highest BCUT2D eigenvalue weighted by Crippen LogP contribution is 2.33. The van der Waals surface area contributed by atoms with E-state index in [1.807, 2.05) is 0 Å². The Kier molecular flexibility index (Phi) is 3.65. The van der Waals surface area contributed by atoms with Crippen molar-refractivity contribution in [2.24, 2.45) is 4.99 Å². The molecule has 0 atom stereocenters. The fourth-order valence-corrected chi connectivity index (χ4v) is 2.05. The van der Waals surface area contributed by atoms with Crippen LogP contribution in [0, 0.1) is 0 Å². The van der Waals surface area contributed by atoms with Crippen molar-refractivity contribution in [3.05, 3.63) is 47.5 Å². The molecular formula is C16H13NO5. The Morgan fingerprint density at radius 1 is 1.09 bits per heavy atom. The molecule has 0 fully saturated rings. The molecule has 0 amide bonds. The van der Waals surface area contributed by atoms with Gasteiger partial charge in [0, 0.05) is 17.8 Å². The third kappa shape index (κ3) is 2.85. The van der Waals surface area contributed by atoms with Crippen molar-refractivity contribution >= 4 is 17.9 Å². The molecule has 2 aromatic carbocycles. The van der Waals surface area contributed by atoms with Crippen LogP contribution >= 0.6 is 0 Å². The highest BCUT2D eigenvalue weighted by molar-refractivity contribution is 5.93. The molecule has 6 heteroatoms. The summed E-state index contributed by atoms with van der Waals surface area (Å²) in [4.78, 5) is 15.2. The molecular weight excluding hydrogens is 286 g/mol. The number of hydrogen-bond acceptors (Lipinski definition) is 5. The summed E-state index contributed by atoms with van der Waals surface area (Å²) in [7, 11) is 0. The van der Waals surface area contributed by atoms with E-state index >= 15 is 0 Å². The summed E-state index contributed by atoms with van der Waals surface area (Å²) in [5.74, 6) is 0.186. The minimum atomic E-state index is -1.06. The number of fused-ring (bicyclic) bond motifs is 1. The number of carboxylic acid groups (broad SMARTS) is 1. The highest BCUT2D eigenvalue weighted by atomic mass is 16.6. The summed E-state index contributed by atoms with van der Waals surface area (Å²) in [6.45, 7) is 1.01. The third-order valence-corrected chi connectivity index (χ3v) is 3.15. The van der Waals surface area contributed by atoms with Crippen LogP contribution in [0.25, 0.3) is 0 Å². The van der Waals surface area contributed by atoms with Crippen LogP contribution in [0.1, 0.15) is 15.9 Å². The van der Waals surface area contributed by atoms with Crippen molar-refractivity contribution in [1.82, 2.24) is 0 Å². The summed E-state index contributed by atoms with van der Waals surface area (Å²) in [5, 5.41) is 18.7. The Balaban J connectivity index is 1.88. The molecule has 0 aromatic heterocycles. The van der Waals surface area contributed by atoms with E-state index < -0.39 is 5.97 Å². The van der Waals surface area contributed by atoms with Crippen molar-refractivity contribution in [3.8, 4) is 17.2 Å². The van der Waals surface area contributed by atoms with Gasteiger partial charge in [-0.25, -0.2) is 4.79 Å². The van der Waals surface area contributed by atoms with E-state index in [-0.39, 0.29) is 11.3 Å². The maximum atomic E-state index is 10.9. The molecule has 2 aromatic rings. The minimum absolute atomic E-state index is 0.0358. The SMILES string of the molecule is O=C(O)c1ccc(O)c(C=Nc2ccc3c(c2)OCCO3)c1. The summed E-state index contributed by atoms with van der Waals surface area (Å²) in [6.07, 6.45) is 1.41. The van der Waals surface area contributed by atoms with E-state index in [0.29, 0.717) is 36.0 Å². The molecule has 0 spiro atoms. The predicted molar refractivity (Wildman–Crippen MR) is 79.8 cm³/mol. The fourth-order valence-electron chi connectivity index (χ4n) is 2.05. The zero-order chi connectivity index (χ0) is 15.5. The number of phenolic OH excluding ortho intramolecular Hbond substituents is 1. The van der Waals surface area contributed by atoms with Crippen molar-refractivity contribution < 1.29 is 24.5 Å². The van der Waals surface area contributed by atoms with Crippen LogP contribution < -0.4 is 9.47 Å². The van der Waals surface area contributed by atoms with Gasteiger partial charge in [-0.3, -0.25) is 4.99 Å². The molecule has 22 heavy (non-hydrogen) atoms. The van der Waals surface area contributed by atoms with Crippen molar-refractivity contribution in [2.75, 3.05) is 13.2 Å². The van der Waals surface area contributed by atoms with Gasteiger partial charge in [-0.05, 0) is 30.3 Å². The Hall–Kier alpha value is -3.02. The summed E-state index contributed by atoms with van der Waals surface area (Å²) in [6, 6.07) is 9.26. The molecule has 0 saturated heterocycles. The highest BCUT2D eigenvalue weighted by Gasteiger charge is 2.11. The van der Waals surface area contributed by atoms with E-state index in [1.165, 1.54) is 24.4 Å². The molecule has 112 valence electrons. The number of ether oxygens (including phenoxy) is 2. The summed E-state index contributed by atoms with van der Waals surface area (Å²) >= 11 is 0. The number of hydrogen-bond donors (Lipinski definition) is 2. The maximum absolute atomic E-state index is 10.9. The number of phenols is 1. The molecule has 1 heterocycles. The predicted octanol–water partition coefficient (Wildman–Crippen LogP) is 2.61. The average Bonchev–Trinajstić information content (AvgIpc) is 2.53. The van der Waals surface area contributed by atoms with Gasteiger partial charge in [0.15, 0.2) is 11.5 Å². The molecule has 2 N–H and O–H groups in total. The second-order valence-corrected chi connectivity index (χ2v) is 4.66. The van der Waals surface area contributed by atoms with Gasteiger partial charge >= 0.3 is 5.97 Å². The summed E-state index contributed by atoms with van der Waals surface area (Å²) in [5.41, 5.74) is 1.03. The lowest BCUT2D eigenvalue weighted by Gasteiger charge is -2.18. The number of aliphatic imine (C=N–C) groups is 1. The molecule has 1 aliphatic heterocycles. The first-order valence-corrected chi connectivity index (χ1v) is 6.63. The third-order valence-electron chi connectivity index (χ3n) is 3.15. The lowest BCUT2D eigenvalue weighted by atomic mass is 10.1. The standard InChI is InChI=1S/C16H13NO5/c18-13-3-1-10(16(19)20)7-11(13)9-17-12-2-4-14-15(8-12)22-6-5-21-14/h1-4,7-9,18H,5-6H2,(H,19,20). The zero-order valence-corrected chi connectivity index (χ0v) is 11.5. The first kappa shape index (κ1) is 13.9. The van der Waals surface area contributed by atoms with Crippen LogP contribution in [0.5, 0.6) is 17.2 Å². The van der Waals surface area contributed by atoms with Crippen molar-refractivity contribution in [1.29, 1.82) is 0 Å². The average molecular weight is 299 g/mol. The van der Waals surface area contributed by atoms with Gasteiger partial charge in [-0.2, -0.15) is 0 Å². The van der Waals surface area contributed by atoms with Crippen molar-refractivity contribution in [3.63, 3.8) is 0 Å². The van der Waals surface area contributed by atoms with E-state index in [4.69, 9.17) is 14.6 Å². The van der Waals surface area contributed by atoms with Crippen LogP contribution in [0.15, 0.2) is 41.4 Å². The maximum Gasteiger partial charge on any atom is 0.335 e. The molecule has 0 saturated carbocycles. The first-order valence-electron chi connectivity index (χ1n) is 6.63. The Labute approximate surface area is 126 Å². The van der Waals surface area contributed by atoms with Gasteiger partial charge in [0.1, 0.15) is 19.0 Å². The first-order chi connectivity index (χ1) is 10.6. The van der Waals surface area contributed by atoms with Crippen LogP contribution in [0.2, 0.25) is 0 Å². The monoisotopic (exact) mass is 299 g/mol. The quantitative estimate of drug-likeness (QED) is 0.850. The normalized spacial score (nSPS) is 13.3. The number of benzene rings is 2. The van der Waals surface area contributed by atoms with Crippen LogP contribution in [-0.4, -0.2) is 35.6 Å². The molecule has 3 rings (SSSR count). The second kappa shape index (κ2) is 5.77. The Morgan fingerprint density at radius 2 is 1.86 bits per heavy atom. The number of aromatic carboxylic acids is 1. The number of carbonyl (C=O) groups is 1. The van der Waals surface area contributed by atoms with Crippen LogP contribution in [0.4, 0.5) is 5.69 Å². The largest absolute Gasteiger partial charge is 0.507 e. The topological polar surface area (TPSA) is 88.4 Å². The van der Waals surface area contributed by atoms with E-state index in [9.17, 15) is 9.90 Å². The van der Waals surface area contributed by atoms with Gasteiger partial charge in [0.25, 0.3) is 0 Å². The molecule has 0 aliphatic carbocycles. The number of nitrogens with zero attached hydrogens (tertiary/aromatic N) is 1. The van der Waals surface area contributed by atoms with Crippen LogP contribution in [-0.2, 0) is 0 Å². The molecule has 0 unspecified atom stereocenters. The zero-order valence-electron chi connectivity index (χ0n) is 11.5. The lowest BCUT2D eigenvalue weighted by Crippen LogP contribution is -2.14. The smallest absolute Gasteiger partial charge is 0.335 e. The van der Waals surface area contributed by atoms with Gasteiger partial charge < -0.3 is 19.7 Å². The number of rotatable bonds is 3. The number of aromatic hydroxyl groups is 1. The lowest BCUT2D eigenvalue weighted by molar-refractivity contribution is 0.0697. The van der Waals surface area contributed by atoms with Crippen LogP contribution in [0.3, 0.4) is 0 Å².